The molecule has 0 spiro atoms. The minimum Gasteiger partial charge on any atom is -0.486 e. The van der Waals surface area contributed by atoms with Crippen LogP contribution in [0.4, 0.5) is 0 Å². The molecule has 0 aliphatic carbocycles. The number of hydrogen-bond acceptors (Lipinski definition) is 2. The summed E-state index contributed by atoms with van der Waals surface area (Å²) in [5.74, 6) is 0.682. The highest BCUT2D eigenvalue weighted by Gasteiger charge is 2.07. The Labute approximate surface area is 111 Å². The molecule has 0 aliphatic rings. The van der Waals surface area contributed by atoms with Gasteiger partial charge in [0.05, 0.1) is 11.6 Å². The SMILES string of the molecule is CC(Oc1cccc(C#N)c1)c1cccc(Cl)c1. The van der Waals surface area contributed by atoms with Gasteiger partial charge in [0.25, 0.3) is 0 Å². The van der Waals surface area contributed by atoms with Crippen molar-refractivity contribution in [2.24, 2.45) is 0 Å². The summed E-state index contributed by atoms with van der Waals surface area (Å²) in [5, 5.41) is 9.52. The molecule has 0 aliphatic heterocycles. The van der Waals surface area contributed by atoms with Crippen LogP contribution in [0, 0.1) is 11.3 Å². The topological polar surface area (TPSA) is 33.0 Å². The summed E-state index contributed by atoms with van der Waals surface area (Å²) in [6.45, 7) is 1.95. The summed E-state index contributed by atoms with van der Waals surface area (Å²) < 4.78 is 5.79. The van der Waals surface area contributed by atoms with Crippen molar-refractivity contribution < 1.29 is 4.74 Å². The number of rotatable bonds is 3. The molecule has 1 unspecified atom stereocenters. The summed E-state index contributed by atoms with van der Waals surface area (Å²) in [4.78, 5) is 0. The van der Waals surface area contributed by atoms with Gasteiger partial charge in [-0.2, -0.15) is 5.26 Å². The monoisotopic (exact) mass is 257 g/mol. The fourth-order valence-corrected chi connectivity index (χ4v) is 1.87. The molecule has 0 fully saturated rings. The van der Waals surface area contributed by atoms with Crippen molar-refractivity contribution in [2.45, 2.75) is 13.0 Å². The molecule has 0 radical (unpaired) electrons. The van der Waals surface area contributed by atoms with Crippen molar-refractivity contribution in [1.82, 2.24) is 0 Å². The summed E-state index contributed by atoms with van der Waals surface area (Å²) >= 11 is 5.94. The average Bonchev–Trinajstić information content (AvgIpc) is 2.39. The third kappa shape index (κ3) is 3.03. The second-order valence-electron chi connectivity index (χ2n) is 3.95. The molecule has 0 amide bonds. The lowest BCUT2D eigenvalue weighted by molar-refractivity contribution is 0.227. The predicted octanol–water partition coefficient (Wildman–Crippen LogP) is 4.35. The van der Waals surface area contributed by atoms with Gasteiger partial charge in [0.1, 0.15) is 11.9 Å². The molecular weight excluding hydrogens is 246 g/mol. The fourth-order valence-electron chi connectivity index (χ4n) is 1.67. The van der Waals surface area contributed by atoms with Gasteiger partial charge in [-0.25, -0.2) is 0 Å². The Balaban J connectivity index is 2.16. The Morgan fingerprint density at radius 1 is 1.17 bits per heavy atom. The van der Waals surface area contributed by atoms with E-state index < -0.39 is 0 Å². The van der Waals surface area contributed by atoms with Crippen molar-refractivity contribution >= 4 is 11.6 Å². The van der Waals surface area contributed by atoms with Crippen LogP contribution in [0.1, 0.15) is 24.2 Å². The van der Waals surface area contributed by atoms with Crippen LogP contribution in [0.5, 0.6) is 5.75 Å². The molecule has 2 aromatic carbocycles. The van der Waals surface area contributed by atoms with Gasteiger partial charge in [-0.1, -0.05) is 29.8 Å². The first-order chi connectivity index (χ1) is 8.69. The smallest absolute Gasteiger partial charge is 0.121 e. The van der Waals surface area contributed by atoms with E-state index in [-0.39, 0.29) is 6.10 Å². The first-order valence-electron chi connectivity index (χ1n) is 5.61. The number of benzene rings is 2. The molecule has 90 valence electrons. The number of nitriles is 1. The molecule has 0 aromatic heterocycles. The molecule has 0 bridgehead atoms. The maximum atomic E-state index is 8.83. The Morgan fingerprint density at radius 3 is 2.67 bits per heavy atom. The lowest BCUT2D eigenvalue weighted by atomic mass is 10.1. The molecular formula is C15H12ClNO. The van der Waals surface area contributed by atoms with E-state index in [1.807, 2.05) is 37.3 Å². The van der Waals surface area contributed by atoms with Crippen molar-refractivity contribution in [3.8, 4) is 11.8 Å². The van der Waals surface area contributed by atoms with Crippen LogP contribution in [-0.2, 0) is 0 Å². The third-order valence-corrected chi connectivity index (χ3v) is 2.83. The second kappa shape index (κ2) is 5.57. The normalized spacial score (nSPS) is 11.6. The zero-order valence-electron chi connectivity index (χ0n) is 9.93. The predicted molar refractivity (Wildman–Crippen MR) is 71.7 cm³/mol. The standard InChI is InChI=1S/C15H12ClNO/c1-11(13-5-3-6-14(16)9-13)18-15-7-2-4-12(8-15)10-17/h2-9,11H,1H3. The van der Waals surface area contributed by atoms with E-state index in [4.69, 9.17) is 21.6 Å². The highest BCUT2D eigenvalue weighted by molar-refractivity contribution is 6.30. The molecule has 0 saturated carbocycles. The number of nitrogens with zero attached hydrogens (tertiary/aromatic N) is 1. The summed E-state index contributed by atoms with van der Waals surface area (Å²) in [5.41, 5.74) is 1.59. The van der Waals surface area contributed by atoms with E-state index in [9.17, 15) is 0 Å². The molecule has 18 heavy (non-hydrogen) atoms. The molecule has 0 heterocycles. The maximum absolute atomic E-state index is 8.83. The zero-order chi connectivity index (χ0) is 13.0. The fraction of sp³-hybridized carbons (Fsp3) is 0.133. The largest absolute Gasteiger partial charge is 0.486 e. The average molecular weight is 258 g/mol. The van der Waals surface area contributed by atoms with E-state index in [1.54, 1.807) is 18.2 Å². The highest BCUT2D eigenvalue weighted by atomic mass is 35.5. The van der Waals surface area contributed by atoms with Crippen LogP contribution < -0.4 is 4.74 Å². The molecule has 0 saturated heterocycles. The van der Waals surface area contributed by atoms with Crippen molar-refractivity contribution in [3.05, 3.63) is 64.7 Å². The van der Waals surface area contributed by atoms with E-state index in [0.717, 1.165) is 5.56 Å². The Morgan fingerprint density at radius 2 is 1.94 bits per heavy atom. The van der Waals surface area contributed by atoms with E-state index in [2.05, 4.69) is 6.07 Å². The van der Waals surface area contributed by atoms with Gasteiger partial charge in [0.15, 0.2) is 0 Å². The maximum Gasteiger partial charge on any atom is 0.121 e. The van der Waals surface area contributed by atoms with Crippen LogP contribution >= 0.6 is 11.6 Å². The quantitative estimate of drug-likeness (QED) is 0.819. The van der Waals surface area contributed by atoms with Crippen LogP contribution in [0.25, 0.3) is 0 Å². The minimum atomic E-state index is -0.113. The second-order valence-corrected chi connectivity index (χ2v) is 4.39. The number of ether oxygens (including phenoxy) is 1. The Kier molecular flexibility index (Phi) is 3.86. The van der Waals surface area contributed by atoms with Gasteiger partial charge < -0.3 is 4.74 Å². The van der Waals surface area contributed by atoms with Crippen molar-refractivity contribution in [3.63, 3.8) is 0 Å². The van der Waals surface area contributed by atoms with Crippen molar-refractivity contribution in [1.29, 1.82) is 5.26 Å². The minimum absolute atomic E-state index is 0.113. The van der Waals surface area contributed by atoms with Crippen LogP contribution in [-0.4, -0.2) is 0 Å². The molecule has 2 nitrogen and oxygen atoms in total. The first kappa shape index (κ1) is 12.5. The Hall–Kier alpha value is -1.98. The lowest BCUT2D eigenvalue weighted by Crippen LogP contribution is -2.02. The van der Waals surface area contributed by atoms with Gasteiger partial charge in [-0.05, 0) is 42.8 Å². The molecule has 1 atom stereocenters. The third-order valence-electron chi connectivity index (χ3n) is 2.59. The highest BCUT2D eigenvalue weighted by Crippen LogP contribution is 2.24. The van der Waals surface area contributed by atoms with E-state index in [1.165, 1.54) is 0 Å². The summed E-state index contributed by atoms with van der Waals surface area (Å²) in [6, 6.07) is 16.8. The number of hydrogen-bond donors (Lipinski definition) is 0. The van der Waals surface area contributed by atoms with Gasteiger partial charge in [-0.3, -0.25) is 0 Å². The molecule has 0 N–H and O–H groups in total. The van der Waals surface area contributed by atoms with Crippen LogP contribution in [0.3, 0.4) is 0 Å². The number of halogens is 1. The van der Waals surface area contributed by atoms with Gasteiger partial charge in [-0.15, -0.1) is 0 Å². The Bertz CT molecular complexity index is 589. The molecule has 2 rings (SSSR count). The zero-order valence-corrected chi connectivity index (χ0v) is 10.7. The van der Waals surface area contributed by atoms with Gasteiger partial charge in [0, 0.05) is 5.02 Å². The molecule has 3 heteroatoms. The van der Waals surface area contributed by atoms with E-state index in [0.29, 0.717) is 16.3 Å². The van der Waals surface area contributed by atoms with Gasteiger partial charge >= 0.3 is 0 Å². The summed E-state index contributed by atoms with van der Waals surface area (Å²) in [6.07, 6.45) is -0.113. The van der Waals surface area contributed by atoms with Crippen LogP contribution in [0.2, 0.25) is 5.02 Å². The summed E-state index contributed by atoms with van der Waals surface area (Å²) in [7, 11) is 0. The first-order valence-corrected chi connectivity index (χ1v) is 5.99. The van der Waals surface area contributed by atoms with Crippen LogP contribution in [0.15, 0.2) is 48.5 Å². The van der Waals surface area contributed by atoms with Gasteiger partial charge in [0.2, 0.25) is 0 Å². The van der Waals surface area contributed by atoms with E-state index >= 15 is 0 Å². The molecule has 2 aromatic rings. The lowest BCUT2D eigenvalue weighted by Gasteiger charge is -2.15. The van der Waals surface area contributed by atoms with Crippen molar-refractivity contribution in [2.75, 3.05) is 0 Å².